The van der Waals surface area contributed by atoms with E-state index in [1.165, 1.54) is 24.8 Å². The van der Waals surface area contributed by atoms with E-state index >= 15 is 0 Å². The molecule has 0 N–H and O–H groups in total. The van der Waals surface area contributed by atoms with Gasteiger partial charge in [0.15, 0.2) is 18.1 Å². The number of carbonyl (C=O) groups is 2. The Labute approximate surface area is 179 Å². The minimum Gasteiger partial charge on any atom is -0.479 e. The smallest absolute Gasteiger partial charge is 0.343 e. The molecule has 3 rings (SSSR count). The van der Waals surface area contributed by atoms with Crippen LogP contribution in [0.4, 0.5) is 0 Å². The van der Waals surface area contributed by atoms with Gasteiger partial charge < -0.3 is 9.47 Å². The molecule has 0 unspecified atom stereocenters. The maximum atomic E-state index is 12.7. The highest BCUT2D eigenvalue weighted by atomic mass is 35.5. The summed E-state index contributed by atoms with van der Waals surface area (Å²) < 4.78 is 9.82. The topological polar surface area (TPSA) is 68.7 Å². The number of benzene rings is 1. The van der Waals surface area contributed by atoms with Gasteiger partial charge in [0.05, 0.1) is 23.7 Å². The van der Waals surface area contributed by atoms with Crippen LogP contribution in [0.3, 0.4) is 0 Å². The van der Waals surface area contributed by atoms with Gasteiger partial charge in [0.2, 0.25) is 0 Å². The third-order valence-electron chi connectivity index (χ3n) is 5.01. The van der Waals surface area contributed by atoms with E-state index in [0.717, 1.165) is 25.9 Å². The molecule has 0 atom stereocenters. The second-order valence-electron chi connectivity index (χ2n) is 6.89. The van der Waals surface area contributed by atoms with E-state index in [0.29, 0.717) is 18.0 Å². The van der Waals surface area contributed by atoms with Crippen LogP contribution in [0, 0.1) is 0 Å². The van der Waals surface area contributed by atoms with E-state index in [1.807, 2.05) is 12.4 Å². The summed E-state index contributed by atoms with van der Waals surface area (Å²) in [4.78, 5) is 30.1. The number of halogens is 2. The van der Waals surface area contributed by atoms with Gasteiger partial charge in [-0.1, -0.05) is 23.2 Å². The predicted molar refractivity (Wildman–Crippen MR) is 111 cm³/mol. The van der Waals surface area contributed by atoms with Crippen LogP contribution in [-0.2, 0) is 9.53 Å². The number of methoxy groups -OCH3 is 1. The number of ether oxygens (including phenoxy) is 2. The van der Waals surface area contributed by atoms with Crippen LogP contribution in [0.2, 0.25) is 10.0 Å². The number of aromatic nitrogens is 1. The Morgan fingerprint density at radius 3 is 2.34 bits per heavy atom. The Morgan fingerprint density at radius 1 is 1.14 bits per heavy atom. The number of ketones is 1. The van der Waals surface area contributed by atoms with Gasteiger partial charge in [-0.25, -0.2) is 4.79 Å². The summed E-state index contributed by atoms with van der Waals surface area (Å²) in [7, 11) is 1.26. The molecule has 6 nitrogen and oxygen atoms in total. The molecule has 1 fully saturated rings. The third-order valence-corrected chi connectivity index (χ3v) is 5.58. The minimum absolute atomic E-state index is 0.0596. The van der Waals surface area contributed by atoms with Crippen LogP contribution in [0.5, 0.6) is 5.75 Å². The average Bonchev–Trinajstić information content (AvgIpc) is 2.74. The first-order chi connectivity index (χ1) is 14.0. The fourth-order valence-corrected chi connectivity index (χ4v) is 4.00. The van der Waals surface area contributed by atoms with Crippen molar-refractivity contribution < 1.29 is 19.1 Å². The maximum Gasteiger partial charge on any atom is 0.343 e. The van der Waals surface area contributed by atoms with Crippen molar-refractivity contribution in [2.45, 2.75) is 18.8 Å². The first kappa shape index (κ1) is 21.6. The number of carbonyl (C=O) groups excluding carboxylic acids is 2. The first-order valence-corrected chi connectivity index (χ1v) is 10.1. The average molecular weight is 437 g/mol. The van der Waals surface area contributed by atoms with Gasteiger partial charge in [0, 0.05) is 18.0 Å². The summed E-state index contributed by atoms with van der Waals surface area (Å²) in [6.45, 7) is 1.69. The number of nitrogens with zero attached hydrogens (tertiary/aromatic N) is 2. The number of piperidine rings is 1. The molecule has 0 bridgehead atoms. The van der Waals surface area contributed by atoms with Crippen molar-refractivity contribution in [1.82, 2.24) is 9.88 Å². The van der Waals surface area contributed by atoms with Crippen molar-refractivity contribution in [2.24, 2.45) is 0 Å². The number of hydrogen-bond acceptors (Lipinski definition) is 6. The molecule has 29 heavy (non-hydrogen) atoms. The summed E-state index contributed by atoms with van der Waals surface area (Å²) in [5.74, 6) is 0.0519. The third kappa shape index (κ3) is 5.69. The Bertz CT molecular complexity index is 845. The summed E-state index contributed by atoms with van der Waals surface area (Å²) >= 11 is 12.4. The quantitative estimate of drug-likeness (QED) is 0.482. The second-order valence-corrected chi connectivity index (χ2v) is 7.70. The van der Waals surface area contributed by atoms with Gasteiger partial charge in [-0.05, 0) is 61.7 Å². The Kier molecular flexibility index (Phi) is 7.47. The van der Waals surface area contributed by atoms with Gasteiger partial charge in [0.25, 0.3) is 0 Å². The highest BCUT2D eigenvalue weighted by Crippen LogP contribution is 2.34. The van der Waals surface area contributed by atoms with Crippen LogP contribution in [-0.4, -0.2) is 55.0 Å². The zero-order valence-corrected chi connectivity index (χ0v) is 17.6. The molecule has 154 valence electrons. The van der Waals surface area contributed by atoms with Crippen molar-refractivity contribution in [3.8, 4) is 5.75 Å². The molecule has 2 heterocycles. The standard InChI is InChI=1S/C21H22Cl2N2O4/c1-28-20(27)13-29-21-17(22)10-16(11-18(21)23)19(26)12-25-8-4-15(5-9-25)14-2-6-24-7-3-14/h2-3,6-7,10-11,15H,4-5,8-9,12-13H2,1H3. The van der Waals surface area contributed by atoms with E-state index in [9.17, 15) is 9.59 Å². The molecule has 0 aliphatic carbocycles. The molecular formula is C21H22Cl2N2O4. The molecule has 0 saturated carbocycles. The Morgan fingerprint density at radius 2 is 1.76 bits per heavy atom. The minimum atomic E-state index is -0.549. The lowest BCUT2D eigenvalue weighted by molar-refractivity contribution is -0.142. The zero-order valence-electron chi connectivity index (χ0n) is 16.1. The molecule has 0 amide bonds. The molecular weight excluding hydrogens is 415 g/mol. The molecule has 1 aromatic heterocycles. The van der Waals surface area contributed by atoms with Gasteiger partial charge in [-0.3, -0.25) is 14.7 Å². The largest absolute Gasteiger partial charge is 0.479 e. The first-order valence-electron chi connectivity index (χ1n) is 9.32. The molecule has 1 aromatic carbocycles. The maximum absolute atomic E-state index is 12.7. The monoisotopic (exact) mass is 436 g/mol. The highest BCUT2D eigenvalue weighted by molar-refractivity contribution is 6.37. The van der Waals surface area contributed by atoms with E-state index in [-0.39, 0.29) is 28.2 Å². The Hall–Kier alpha value is -2.15. The molecule has 2 aromatic rings. The summed E-state index contributed by atoms with van der Waals surface area (Å²) in [5.41, 5.74) is 1.72. The normalized spacial score (nSPS) is 15.1. The number of esters is 1. The van der Waals surface area contributed by atoms with E-state index in [1.54, 1.807) is 0 Å². The predicted octanol–water partition coefficient (Wildman–Crippen LogP) is 4.00. The van der Waals surface area contributed by atoms with Crippen molar-refractivity contribution in [2.75, 3.05) is 33.4 Å². The second kappa shape index (κ2) is 10.1. The van der Waals surface area contributed by atoms with Crippen LogP contribution in [0.15, 0.2) is 36.7 Å². The molecule has 1 aliphatic rings. The van der Waals surface area contributed by atoms with Crippen LogP contribution >= 0.6 is 23.2 Å². The van der Waals surface area contributed by atoms with E-state index < -0.39 is 5.97 Å². The van der Waals surface area contributed by atoms with Crippen molar-refractivity contribution in [1.29, 1.82) is 0 Å². The lowest BCUT2D eigenvalue weighted by atomic mass is 9.90. The van der Waals surface area contributed by atoms with Crippen LogP contribution in [0.1, 0.15) is 34.7 Å². The Balaban J connectivity index is 1.58. The van der Waals surface area contributed by atoms with Gasteiger partial charge >= 0.3 is 5.97 Å². The fraction of sp³-hybridized carbons (Fsp3) is 0.381. The van der Waals surface area contributed by atoms with Crippen LogP contribution < -0.4 is 4.74 Å². The lowest BCUT2D eigenvalue weighted by Crippen LogP contribution is -2.36. The van der Waals surface area contributed by atoms with Crippen LogP contribution in [0.25, 0.3) is 0 Å². The number of Topliss-reactive ketones (excluding diaryl/α,β-unsaturated/α-hetero) is 1. The van der Waals surface area contributed by atoms with E-state index in [4.69, 9.17) is 27.9 Å². The van der Waals surface area contributed by atoms with Gasteiger partial charge in [-0.2, -0.15) is 0 Å². The lowest BCUT2D eigenvalue weighted by Gasteiger charge is -2.31. The molecule has 1 saturated heterocycles. The summed E-state index contributed by atoms with van der Waals surface area (Å²) in [6, 6.07) is 7.15. The van der Waals surface area contributed by atoms with E-state index in [2.05, 4.69) is 26.8 Å². The molecule has 1 aliphatic heterocycles. The number of likely N-dealkylation sites (tertiary alicyclic amines) is 1. The van der Waals surface area contributed by atoms with Crippen molar-refractivity contribution in [3.05, 3.63) is 57.8 Å². The molecule has 8 heteroatoms. The fourth-order valence-electron chi connectivity index (χ4n) is 3.40. The van der Waals surface area contributed by atoms with Gasteiger partial charge in [-0.15, -0.1) is 0 Å². The number of hydrogen-bond donors (Lipinski definition) is 0. The SMILES string of the molecule is COC(=O)COc1c(Cl)cc(C(=O)CN2CCC(c3ccncc3)CC2)cc1Cl. The summed E-state index contributed by atoms with van der Waals surface area (Å²) in [6.07, 6.45) is 5.63. The number of rotatable bonds is 7. The summed E-state index contributed by atoms with van der Waals surface area (Å²) in [5, 5.41) is 0.363. The molecule has 0 spiro atoms. The van der Waals surface area contributed by atoms with Crippen molar-refractivity contribution >= 4 is 35.0 Å². The van der Waals surface area contributed by atoms with Gasteiger partial charge in [0.1, 0.15) is 0 Å². The molecule has 0 radical (unpaired) electrons. The number of pyridine rings is 1. The zero-order chi connectivity index (χ0) is 20.8. The highest BCUT2D eigenvalue weighted by Gasteiger charge is 2.23. The van der Waals surface area contributed by atoms with Crippen molar-refractivity contribution in [3.63, 3.8) is 0 Å².